The molecule has 7 nitrogen and oxygen atoms in total. The molecular weight excluding hydrogens is 404 g/mol. The largest absolute Gasteiger partial charge is 0.497 e. The highest BCUT2D eigenvalue weighted by Gasteiger charge is 2.27. The van der Waals surface area contributed by atoms with Gasteiger partial charge in [-0.15, -0.1) is 0 Å². The van der Waals surface area contributed by atoms with Gasteiger partial charge >= 0.3 is 11.8 Å². The van der Waals surface area contributed by atoms with Gasteiger partial charge in [0.25, 0.3) is 0 Å². The fraction of sp³-hybridized carbons (Fsp3) is 0.280. The Balaban J connectivity index is 1.44. The molecule has 0 bridgehead atoms. The van der Waals surface area contributed by atoms with Gasteiger partial charge in [-0.05, 0) is 41.8 Å². The zero-order chi connectivity index (χ0) is 22.5. The van der Waals surface area contributed by atoms with E-state index in [4.69, 9.17) is 4.74 Å². The van der Waals surface area contributed by atoms with Crippen molar-refractivity contribution in [2.75, 3.05) is 25.5 Å². The molecule has 3 aromatic rings. The number of aryl methyl sites for hydroxylation is 1. The second kappa shape index (κ2) is 9.70. The summed E-state index contributed by atoms with van der Waals surface area (Å²) in [5.74, 6) is -0.755. The number of anilines is 1. The van der Waals surface area contributed by atoms with Gasteiger partial charge in [0, 0.05) is 50.3 Å². The standard InChI is InChI=1S/C25H28N4O3/c1-28-13-6-11-22(28)23(29-14-12-18-7-3-4-8-19(18)17-29)16-26-24(30)25(31)27-20-9-5-10-21(15-20)32-2/h3-11,13,15,23H,12,14,16-17H2,1-2H3,(H,26,30)(H,27,31)/t23-/m0/s1. The van der Waals surface area contributed by atoms with Crippen LogP contribution in [0.5, 0.6) is 5.75 Å². The van der Waals surface area contributed by atoms with Crippen LogP contribution in [0.15, 0.2) is 66.9 Å². The van der Waals surface area contributed by atoms with Crippen molar-refractivity contribution in [3.05, 3.63) is 83.7 Å². The van der Waals surface area contributed by atoms with Gasteiger partial charge in [-0.1, -0.05) is 30.3 Å². The Morgan fingerprint density at radius 1 is 1.03 bits per heavy atom. The van der Waals surface area contributed by atoms with Crippen molar-refractivity contribution < 1.29 is 14.3 Å². The summed E-state index contributed by atoms with van der Waals surface area (Å²) in [5, 5.41) is 5.46. The molecule has 0 fully saturated rings. The lowest BCUT2D eigenvalue weighted by Crippen LogP contribution is -2.44. The van der Waals surface area contributed by atoms with Crippen LogP contribution in [0, 0.1) is 0 Å². The number of methoxy groups -OCH3 is 1. The number of benzene rings is 2. The number of carbonyl (C=O) groups excluding carboxylic acids is 2. The normalized spacial score (nSPS) is 14.3. The van der Waals surface area contributed by atoms with E-state index in [2.05, 4.69) is 50.4 Å². The minimum absolute atomic E-state index is 0.0445. The van der Waals surface area contributed by atoms with Crippen molar-refractivity contribution in [3.8, 4) is 5.75 Å². The minimum atomic E-state index is -0.701. The minimum Gasteiger partial charge on any atom is -0.497 e. The van der Waals surface area contributed by atoms with Gasteiger partial charge in [0.2, 0.25) is 0 Å². The zero-order valence-corrected chi connectivity index (χ0v) is 18.4. The number of rotatable bonds is 6. The summed E-state index contributed by atoms with van der Waals surface area (Å²) in [5.41, 5.74) is 4.28. The van der Waals surface area contributed by atoms with E-state index in [0.717, 1.165) is 25.2 Å². The van der Waals surface area contributed by atoms with E-state index in [0.29, 0.717) is 18.0 Å². The topological polar surface area (TPSA) is 75.6 Å². The number of hydrogen-bond acceptors (Lipinski definition) is 4. The molecular formula is C25H28N4O3. The van der Waals surface area contributed by atoms with Gasteiger partial charge < -0.3 is 19.9 Å². The maximum absolute atomic E-state index is 12.6. The van der Waals surface area contributed by atoms with Crippen LogP contribution >= 0.6 is 0 Å². The maximum Gasteiger partial charge on any atom is 0.313 e. The van der Waals surface area contributed by atoms with Gasteiger partial charge in [-0.2, -0.15) is 0 Å². The van der Waals surface area contributed by atoms with Gasteiger partial charge in [0.05, 0.1) is 13.2 Å². The van der Waals surface area contributed by atoms with Crippen molar-refractivity contribution in [3.63, 3.8) is 0 Å². The van der Waals surface area contributed by atoms with Crippen molar-refractivity contribution in [1.29, 1.82) is 0 Å². The predicted octanol–water partition coefficient (Wildman–Crippen LogP) is 2.89. The Hall–Kier alpha value is -3.58. The second-order valence-electron chi connectivity index (χ2n) is 7.95. The van der Waals surface area contributed by atoms with Crippen LogP contribution in [-0.2, 0) is 29.6 Å². The van der Waals surface area contributed by atoms with E-state index in [1.165, 1.54) is 11.1 Å². The van der Waals surface area contributed by atoms with Crippen LogP contribution in [0.1, 0.15) is 22.9 Å². The Morgan fingerprint density at radius 2 is 1.84 bits per heavy atom. The zero-order valence-electron chi connectivity index (χ0n) is 18.4. The van der Waals surface area contributed by atoms with Crippen molar-refractivity contribution in [1.82, 2.24) is 14.8 Å². The highest BCUT2D eigenvalue weighted by Crippen LogP contribution is 2.27. The van der Waals surface area contributed by atoms with Gasteiger partial charge in [0.1, 0.15) is 5.75 Å². The predicted molar refractivity (Wildman–Crippen MR) is 123 cm³/mol. The first-order valence-corrected chi connectivity index (χ1v) is 10.7. The lowest BCUT2D eigenvalue weighted by atomic mass is 9.98. The summed E-state index contributed by atoms with van der Waals surface area (Å²) < 4.78 is 7.22. The van der Waals surface area contributed by atoms with Crippen molar-refractivity contribution >= 4 is 17.5 Å². The summed E-state index contributed by atoms with van der Waals surface area (Å²) in [6.45, 7) is 2.03. The molecule has 1 aromatic heterocycles. The number of nitrogens with zero attached hydrogens (tertiary/aromatic N) is 2. The number of amides is 2. The monoisotopic (exact) mass is 432 g/mol. The molecule has 0 saturated heterocycles. The fourth-order valence-corrected chi connectivity index (χ4v) is 4.18. The van der Waals surface area contributed by atoms with Gasteiger partial charge in [0.15, 0.2) is 0 Å². The molecule has 0 saturated carbocycles. The molecule has 7 heteroatoms. The third-order valence-electron chi connectivity index (χ3n) is 5.92. The van der Waals surface area contributed by atoms with E-state index in [-0.39, 0.29) is 6.04 Å². The fourth-order valence-electron chi connectivity index (χ4n) is 4.18. The van der Waals surface area contributed by atoms with E-state index < -0.39 is 11.8 Å². The SMILES string of the molecule is COc1cccc(NC(=O)C(=O)NC[C@@H](c2cccn2C)N2CCc3ccccc3C2)c1. The lowest BCUT2D eigenvalue weighted by molar-refractivity contribution is -0.136. The summed E-state index contributed by atoms with van der Waals surface area (Å²) in [6, 6.07) is 19.4. The van der Waals surface area contributed by atoms with Crippen LogP contribution < -0.4 is 15.4 Å². The average molecular weight is 433 g/mol. The van der Waals surface area contributed by atoms with Crippen LogP contribution in [0.3, 0.4) is 0 Å². The van der Waals surface area contributed by atoms with Crippen LogP contribution in [0.4, 0.5) is 5.69 Å². The third kappa shape index (κ3) is 4.84. The van der Waals surface area contributed by atoms with Crippen LogP contribution in [0.2, 0.25) is 0 Å². The molecule has 0 unspecified atom stereocenters. The number of hydrogen-bond donors (Lipinski definition) is 2. The van der Waals surface area contributed by atoms with E-state index in [1.54, 1.807) is 31.4 Å². The number of carbonyl (C=O) groups is 2. The molecule has 1 aliphatic rings. The average Bonchev–Trinajstić information content (AvgIpc) is 3.24. The van der Waals surface area contributed by atoms with Crippen LogP contribution in [-0.4, -0.2) is 41.5 Å². The highest BCUT2D eigenvalue weighted by atomic mass is 16.5. The Bertz CT molecular complexity index is 1110. The molecule has 32 heavy (non-hydrogen) atoms. The second-order valence-corrected chi connectivity index (χ2v) is 7.95. The molecule has 2 aromatic carbocycles. The Morgan fingerprint density at radius 3 is 2.59 bits per heavy atom. The smallest absolute Gasteiger partial charge is 0.313 e. The molecule has 2 amide bonds. The summed E-state index contributed by atoms with van der Waals surface area (Å²) in [4.78, 5) is 27.4. The van der Waals surface area contributed by atoms with E-state index in [9.17, 15) is 9.59 Å². The van der Waals surface area contributed by atoms with Crippen molar-refractivity contribution in [2.24, 2.45) is 7.05 Å². The quantitative estimate of drug-likeness (QED) is 0.588. The molecule has 2 heterocycles. The number of ether oxygens (including phenoxy) is 1. The molecule has 4 rings (SSSR count). The lowest BCUT2D eigenvalue weighted by Gasteiger charge is -2.36. The maximum atomic E-state index is 12.6. The Kier molecular flexibility index (Phi) is 6.56. The first kappa shape index (κ1) is 21.6. The first-order valence-electron chi connectivity index (χ1n) is 10.7. The van der Waals surface area contributed by atoms with Gasteiger partial charge in [-0.25, -0.2) is 0 Å². The van der Waals surface area contributed by atoms with Crippen molar-refractivity contribution in [2.45, 2.75) is 19.0 Å². The molecule has 166 valence electrons. The number of nitrogens with one attached hydrogen (secondary N) is 2. The highest BCUT2D eigenvalue weighted by molar-refractivity contribution is 6.39. The molecule has 2 N–H and O–H groups in total. The summed E-state index contributed by atoms with van der Waals surface area (Å²) >= 11 is 0. The number of aromatic nitrogens is 1. The van der Waals surface area contributed by atoms with Crippen LogP contribution in [0.25, 0.3) is 0 Å². The molecule has 0 aliphatic carbocycles. The van der Waals surface area contributed by atoms with E-state index in [1.807, 2.05) is 19.3 Å². The first-order chi connectivity index (χ1) is 15.5. The molecule has 0 spiro atoms. The van der Waals surface area contributed by atoms with Gasteiger partial charge in [-0.3, -0.25) is 14.5 Å². The summed E-state index contributed by atoms with van der Waals surface area (Å²) in [7, 11) is 3.55. The molecule has 1 aliphatic heterocycles. The third-order valence-corrected chi connectivity index (χ3v) is 5.92. The Labute approximate surface area is 188 Å². The summed E-state index contributed by atoms with van der Waals surface area (Å²) in [6.07, 6.45) is 2.96. The molecule has 0 radical (unpaired) electrons. The number of fused-ring (bicyclic) bond motifs is 1. The van der Waals surface area contributed by atoms with E-state index >= 15 is 0 Å². The molecule has 1 atom stereocenters.